The minimum atomic E-state index is -0.362. The SMILES string of the molecule is COc1ccc(-c2ccccc2)cc1C(=O)NC(CC(C)C)c1nnc(C)o1. The van der Waals surface area contributed by atoms with E-state index in [4.69, 9.17) is 9.15 Å². The number of ether oxygens (including phenoxy) is 1. The Bertz CT molecular complexity index is 935. The van der Waals surface area contributed by atoms with Crippen molar-refractivity contribution in [3.63, 3.8) is 0 Å². The normalized spacial score (nSPS) is 12.0. The van der Waals surface area contributed by atoms with Crippen molar-refractivity contribution in [2.75, 3.05) is 7.11 Å². The van der Waals surface area contributed by atoms with Crippen molar-refractivity contribution in [1.82, 2.24) is 15.5 Å². The van der Waals surface area contributed by atoms with Gasteiger partial charge in [0.25, 0.3) is 5.91 Å². The second kappa shape index (κ2) is 8.69. The molecule has 0 bridgehead atoms. The van der Waals surface area contributed by atoms with Gasteiger partial charge in [-0.15, -0.1) is 10.2 Å². The topological polar surface area (TPSA) is 77.2 Å². The molecule has 0 aliphatic carbocycles. The number of carbonyl (C=O) groups is 1. The Hall–Kier alpha value is -3.15. The largest absolute Gasteiger partial charge is 0.496 e. The van der Waals surface area contributed by atoms with E-state index in [1.807, 2.05) is 48.5 Å². The molecule has 1 aromatic heterocycles. The molecule has 1 unspecified atom stereocenters. The summed E-state index contributed by atoms with van der Waals surface area (Å²) in [6.45, 7) is 5.90. The molecule has 0 radical (unpaired) electrons. The number of methoxy groups -OCH3 is 1. The molecule has 1 atom stereocenters. The number of aryl methyl sites for hydroxylation is 1. The Morgan fingerprint density at radius 2 is 1.86 bits per heavy atom. The van der Waals surface area contributed by atoms with Gasteiger partial charge in [0, 0.05) is 6.92 Å². The summed E-state index contributed by atoms with van der Waals surface area (Å²) in [4.78, 5) is 13.1. The average Bonchev–Trinajstić information content (AvgIpc) is 3.13. The average molecular weight is 379 g/mol. The number of hydrogen-bond acceptors (Lipinski definition) is 5. The van der Waals surface area contributed by atoms with Gasteiger partial charge in [0.15, 0.2) is 0 Å². The number of amides is 1. The van der Waals surface area contributed by atoms with Crippen molar-refractivity contribution < 1.29 is 13.9 Å². The van der Waals surface area contributed by atoms with Gasteiger partial charge in [0.05, 0.1) is 12.7 Å². The number of hydrogen-bond donors (Lipinski definition) is 1. The van der Waals surface area contributed by atoms with Gasteiger partial charge in [-0.3, -0.25) is 4.79 Å². The Kier molecular flexibility index (Phi) is 6.09. The number of aromatic nitrogens is 2. The molecule has 146 valence electrons. The molecular formula is C22H25N3O3. The molecule has 2 aromatic carbocycles. The van der Waals surface area contributed by atoms with Crippen LogP contribution < -0.4 is 10.1 Å². The van der Waals surface area contributed by atoms with Gasteiger partial charge in [0.1, 0.15) is 11.8 Å². The van der Waals surface area contributed by atoms with Gasteiger partial charge in [-0.2, -0.15) is 0 Å². The predicted molar refractivity (Wildman–Crippen MR) is 107 cm³/mol. The molecule has 6 nitrogen and oxygen atoms in total. The van der Waals surface area contributed by atoms with Gasteiger partial charge in [-0.1, -0.05) is 50.2 Å². The molecule has 0 fully saturated rings. The summed E-state index contributed by atoms with van der Waals surface area (Å²) < 4.78 is 11.0. The summed E-state index contributed by atoms with van der Waals surface area (Å²) >= 11 is 0. The Morgan fingerprint density at radius 3 is 2.46 bits per heavy atom. The van der Waals surface area contributed by atoms with Crippen LogP contribution in [-0.2, 0) is 0 Å². The second-order valence-corrected chi connectivity index (χ2v) is 7.10. The van der Waals surface area contributed by atoms with E-state index in [0.29, 0.717) is 35.4 Å². The lowest BCUT2D eigenvalue weighted by Gasteiger charge is -2.18. The maximum atomic E-state index is 13.1. The van der Waals surface area contributed by atoms with E-state index in [1.54, 1.807) is 14.0 Å². The van der Waals surface area contributed by atoms with E-state index in [2.05, 4.69) is 29.4 Å². The van der Waals surface area contributed by atoms with Crippen LogP contribution in [0, 0.1) is 12.8 Å². The molecule has 1 heterocycles. The van der Waals surface area contributed by atoms with Crippen LogP contribution in [0.5, 0.6) is 5.75 Å². The summed E-state index contributed by atoms with van der Waals surface area (Å²) in [5.74, 6) is 1.51. The third-order valence-corrected chi connectivity index (χ3v) is 4.40. The third-order valence-electron chi connectivity index (χ3n) is 4.40. The maximum Gasteiger partial charge on any atom is 0.255 e. The van der Waals surface area contributed by atoms with Gasteiger partial charge in [0.2, 0.25) is 11.8 Å². The Balaban J connectivity index is 1.91. The second-order valence-electron chi connectivity index (χ2n) is 7.10. The first kappa shape index (κ1) is 19.6. The first-order valence-corrected chi connectivity index (χ1v) is 9.32. The standard InChI is InChI=1S/C22H25N3O3/c1-14(2)12-19(22-25-24-15(3)28-22)23-21(26)18-13-17(10-11-20(18)27-4)16-8-6-5-7-9-16/h5-11,13-14,19H,12H2,1-4H3,(H,23,26). The highest BCUT2D eigenvalue weighted by atomic mass is 16.5. The number of carbonyl (C=O) groups excluding carboxylic acids is 1. The van der Waals surface area contributed by atoms with Crippen molar-refractivity contribution in [1.29, 1.82) is 0 Å². The quantitative estimate of drug-likeness (QED) is 0.651. The molecular weight excluding hydrogens is 354 g/mol. The fourth-order valence-electron chi connectivity index (χ4n) is 3.08. The van der Waals surface area contributed by atoms with E-state index in [0.717, 1.165) is 11.1 Å². The molecule has 3 aromatic rings. The molecule has 1 N–H and O–H groups in total. The highest BCUT2D eigenvalue weighted by molar-refractivity contribution is 5.98. The number of nitrogens with zero attached hydrogens (tertiary/aromatic N) is 2. The van der Waals surface area contributed by atoms with Crippen LogP contribution >= 0.6 is 0 Å². The fraction of sp³-hybridized carbons (Fsp3) is 0.318. The van der Waals surface area contributed by atoms with E-state index < -0.39 is 0 Å². The fourth-order valence-corrected chi connectivity index (χ4v) is 3.08. The summed E-state index contributed by atoms with van der Waals surface area (Å²) in [5, 5.41) is 11.0. The Labute approximate surface area is 164 Å². The molecule has 1 amide bonds. The van der Waals surface area contributed by atoms with Crippen LogP contribution in [0.2, 0.25) is 0 Å². The van der Waals surface area contributed by atoms with Crippen LogP contribution in [0.3, 0.4) is 0 Å². The van der Waals surface area contributed by atoms with Gasteiger partial charge < -0.3 is 14.5 Å². The first-order valence-electron chi connectivity index (χ1n) is 9.32. The van der Waals surface area contributed by atoms with E-state index >= 15 is 0 Å². The lowest BCUT2D eigenvalue weighted by atomic mass is 10.0. The third kappa shape index (κ3) is 4.57. The monoisotopic (exact) mass is 379 g/mol. The van der Waals surface area contributed by atoms with Crippen molar-refractivity contribution in [3.8, 4) is 16.9 Å². The lowest BCUT2D eigenvalue weighted by molar-refractivity contribution is 0.0921. The minimum Gasteiger partial charge on any atom is -0.496 e. The highest BCUT2D eigenvalue weighted by Gasteiger charge is 2.24. The van der Waals surface area contributed by atoms with Crippen molar-refractivity contribution in [3.05, 3.63) is 65.9 Å². The number of benzene rings is 2. The van der Waals surface area contributed by atoms with Crippen LogP contribution in [0.1, 0.15) is 48.4 Å². The molecule has 0 saturated carbocycles. The molecule has 0 saturated heterocycles. The van der Waals surface area contributed by atoms with Crippen molar-refractivity contribution in [2.24, 2.45) is 5.92 Å². The molecule has 0 aliphatic rings. The van der Waals surface area contributed by atoms with Crippen molar-refractivity contribution >= 4 is 5.91 Å². The minimum absolute atomic E-state index is 0.240. The van der Waals surface area contributed by atoms with Crippen LogP contribution in [0.4, 0.5) is 0 Å². The first-order chi connectivity index (χ1) is 13.5. The highest BCUT2D eigenvalue weighted by Crippen LogP contribution is 2.28. The van der Waals surface area contributed by atoms with Crippen LogP contribution in [0.15, 0.2) is 52.9 Å². The van der Waals surface area contributed by atoms with Crippen LogP contribution in [-0.4, -0.2) is 23.2 Å². The zero-order chi connectivity index (χ0) is 20.1. The summed E-state index contributed by atoms with van der Waals surface area (Å²) in [5.41, 5.74) is 2.44. The van der Waals surface area contributed by atoms with E-state index in [-0.39, 0.29) is 11.9 Å². The molecule has 6 heteroatoms. The molecule has 0 spiro atoms. The van der Waals surface area contributed by atoms with Crippen LogP contribution in [0.25, 0.3) is 11.1 Å². The predicted octanol–water partition coefficient (Wildman–Crippen LogP) is 4.57. The number of rotatable bonds is 7. The molecule has 3 rings (SSSR count). The van der Waals surface area contributed by atoms with Gasteiger partial charge in [-0.05, 0) is 35.6 Å². The number of nitrogens with one attached hydrogen (secondary N) is 1. The zero-order valence-electron chi connectivity index (χ0n) is 16.6. The zero-order valence-corrected chi connectivity index (χ0v) is 16.6. The smallest absolute Gasteiger partial charge is 0.255 e. The molecule has 28 heavy (non-hydrogen) atoms. The summed E-state index contributed by atoms with van der Waals surface area (Å²) in [7, 11) is 1.56. The van der Waals surface area contributed by atoms with E-state index in [1.165, 1.54) is 0 Å². The maximum absolute atomic E-state index is 13.1. The van der Waals surface area contributed by atoms with Gasteiger partial charge >= 0.3 is 0 Å². The summed E-state index contributed by atoms with van der Waals surface area (Å²) in [6.07, 6.45) is 0.689. The summed E-state index contributed by atoms with van der Waals surface area (Å²) in [6, 6.07) is 15.1. The molecule has 0 aliphatic heterocycles. The van der Waals surface area contributed by atoms with E-state index in [9.17, 15) is 4.79 Å². The van der Waals surface area contributed by atoms with Gasteiger partial charge in [-0.25, -0.2) is 0 Å². The van der Waals surface area contributed by atoms with Crippen molar-refractivity contribution in [2.45, 2.75) is 33.2 Å². The lowest BCUT2D eigenvalue weighted by Crippen LogP contribution is -2.30. The Morgan fingerprint density at radius 1 is 1.11 bits per heavy atom.